The first-order chi connectivity index (χ1) is 13.2. The Labute approximate surface area is 162 Å². The second-order valence-corrected chi connectivity index (χ2v) is 8.31. The predicted octanol–water partition coefficient (Wildman–Crippen LogP) is 2.49. The first-order valence-corrected chi connectivity index (χ1v) is 10.2. The van der Waals surface area contributed by atoms with Crippen LogP contribution < -0.4 is 14.8 Å². The van der Waals surface area contributed by atoms with Gasteiger partial charge in [-0.25, -0.2) is 21.9 Å². The molecule has 0 saturated heterocycles. The van der Waals surface area contributed by atoms with Crippen LogP contribution in [0.4, 0.5) is 8.78 Å². The molecule has 1 saturated carbocycles. The van der Waals surface area contributed by atoms with E-state index in [-0.39, 0.29) is 23.2 Å². The Kier molecular flexibility index (Phi) is 5.95. The van der Waals surface area contributed by atoms with Gasteiger partial charge in [0.15, 0.2) is 17.7 Å². The number of nitrogens with one attached hydrogen (secondary N) is 2. The molecule has 1 aliphatic carbocycles. The summed E-state index contributed by atoms with van der Waals surface area (Å²) in [6, 6.07) is 9.24. The van der Waals surface area contributed by atoms with Crippen molar-refractivity contribution >= 4 is 15.9 Å². The summed E-state index contributed by atoms with van der Waals surface area (Å²) in [4.78, 5) is 12.3. The van der Waals surface area contributed by atoms with Gasteiger partial charge in [-0.05, 0) is 49.6 Å². The zero-order valence-electron chi connectivity index (χ0n) is 15.1. The fraction of sp³-hybridized carbons (Fsp3) is 0.316. The number of halogens is 2. The third-order valence-electron chi connectivity index (χ3n) is 4.17. The molecule has 28 heavy (non-hydrogen) atoms. The molecule has 2 N–H and O–H groups in total. The third kappa shape index (κ3) is 5.26. The van der Waals surface area contributed by atoms with E-state index in [1.807, 2.05) is 0 Å². The van der Waals surface area contributed by atoms with Gasteiger partial charge in [0.2, 0.25) is 10.0 Å². The number of carbonyl (C=O) groups excluding carboxylic acids is 1. The van der Waals surface area contributed by atoms with Gasteiger partial charge >= 0.3 is 0 Å². The van der Waals surface area contributed by atoms with Gasteiger partial charge in [-0.2, -0.15) is 0 Å². The molecule has 0 radical (unpaired) electrons. The van der Waals surface area contributed by atoms with Crippen molar-refractivity contribution in [3.8, 4) is 5.75 Å². The van der Waals surface area contributed by atoms with E-state index in [1.54, 1.807) is 12.1 Å². The standard InChI is InChI=1S/C19H20F2N2O4S/c1-12(27-15-6-9-17(20)18(21)10-15)19(24)22-11-13-2-7-16(8-3-13)28(25,26)23-14-4-5-14/h2-3,6-10,12,14,23H,4-5,11H2,1H3,(H,22,24). The summed E-state index contributed by atoms with van der Waals surface area (Å²) in [7, 11) is -3.51. The molecular formula is C19H20F2N2O4S. The molecule has 1 atom stereocenters. The van der Waals surface area contributed by atoms with Crippen LogP contribution in [0.3, 0.4) is 0 Å². The predicted molar refractivity (Wildman–Crippen MR) is 98.1 cm³/mol. The first kappa shape index (κ1) is 20.2. The average Bonchev–Trinajstić information content (AvgIpc) is 3.46. The van der Waals surface area contributed by atoms with Gasteiger partial charge in [0.25, 0.3) is 5.91 Å². The summed E-state index contributed by atoms with van der Waals surface area (Å²) in [5.41, 5.74) is 0.707. The molecule has 0 spiro atoms. The molecular weight excluding hydrogens is 390 g/mol. The van der Waals surface area contributed by atoms with Crippen LogP contribution in [0.25, 0.3) is 0 Å². The van der Waals surface area contributed by atoms with E-state index in [2.05, 4.69) is 10.0 Å². The van der Waals surface area contributed by atoms with Crippen molar-refractivity contribution in [2.45, 2.75) is 43.4 Å². The van der Waals surface area contributed by atoms with Gasteiger partial charge in [-0.1, -0.05) is 12.1 Å². The van der Waals surface area contributed by atoms with Gasteiger partial charge in [-0.15, -0.1) is 0 Å². The zero-order chi connectivity index (χ0) is 20.3. The number of rotatable bonds is 8. The molecule has 0 bridgehead atoms. The Morgan fingerprint density at radius 2 is 1.82 bits per heavy atom. The monoisotopic (exact) mass is 410 g/mol. The minimum atomic E-state index is -3.51. The lowest BCUT2D eigenvalue weighted by molar-refractivity contribution is -0.127. The van der Waals surface area contributed by atoms with Crippen molar-refractivity contribution in [2.75, 3.05) is 0 Å². The molecule has 3 rings (SSSR count). The number of ether oxygens (including phenoxy) is 1. The molecule has 0 aromatic heterocycles. The highest BCUT2D eigenvalue weighted by Crippen LogP contribution is 2.22. The Morgan fingerprint density at radius 3 is 2.43 bits per heavy atom. The number of hydrogen-bond acceptors (Lipinski definition) is 4. The molecule has 150 valence electrons. The minimum Gasteiger partial charge on any atom is -0.481 e. The summed E-state index contributed by atoms with van der Waals surface area (Å²) < 4.78 is 58.2. The van der Waals surface area contributed by atoms with Gasteiger partial charge in [-0.3, -0.25) is 4.79 Å². The van der Waals surface area contributed by atoms with Crippen LogP contribution in [0.1, 0.15) is 25.3 Å². The van der Waals surface area contributed by atoms with Crippen molar-refractivity contribution in [3.05, 3.63) is 59.7 Å². The first-order valence-electron chi connectivity index (χ1n) is 8.75. The summed E-state index contributed by atoms with van der Waals surface area (Å²) in [6.45, 7) is 1.65. The molecule has 0 aliphatic heterocycles. The minimum absolute atomic E-state index is 0.0278. The molecule has 9 heteroatoms. The fourth-order valence-corrected chi connectivity index (χ4v) is 3.72. The average molecular weight is 410 g/mol. The molecule has 2 aromatic rings. The van der Waals surface area contributed by atoms with Crippen LogP contribution in [-0.4, -0.2) is 26.5 Å². The molecule has 6 nitrogen and oxygen atoms in total. The maximum atomic E-state index is 13.2. The van der Waals surface area contributed by atoms with Gasteiger partial charge in [0, 0.05) is 18.7 Å². The molecule has 1 unspecified atom stereocenters. The lowest BCUT2D eigenvalue weighted by Gasteiger charge is -2.15. The Morgan fingerprint density at radius 1 is 1.14 bits per heavy atom. The summed E-state index contributed by atoms with van der Waals surface area (Å²) in [5.74, 6) is -2.46. The van der Waals surface area contributed by atoms with Crippen LogP contribution in [0.5, 0.6) is 5.75 Å². The highest BCUT2D eigenvalue weighted by atomic mass is 32.2. The lowest BCUT2D eigenvalue weighted by Crippen LogP contribution is -2.35. The van der Waals surface area contributed by atoms with Crippen molar-refractivity contribution < 1.29 is 26.7 Å². The van der Waals surface area contributed by atoms with E-state index in [0.29, 0.717) is 5.56 Å². The van der Waals surface area contributed by atoms with Crippen LogP contribution >= 0.6 is 0 Å². The SMILES string of the molecule is CC(Oc1ccc(F)c(F)c1)C(=O)NCc1ccc(S(=O)(=O)NC2CC2)cc1. The van der Waals surface area contributed by atoms with Crippen molar-refractivity contribution in [2.24, 2.45) is 0 Å². The normalized spacial score (nSPS) is 15.1. The number of amides is 1. The van der Waals surface area contributed by atoms with Gasteiger partial charge < -0.3 is 10.1 Å². The highest BCUT2D eigenvalue weighted by molar-refractivity contribution is 7.89. The van der Waals surface area contributed by atoms with E-state index < -0.39 is 33.7 Å². The molecule has 2 aromatic carbocycles. The van der Waals surface area contributed by atoms with E-state index in [1.165, 1.54) is 25.1 Å². The second-order valence-electron chi connectivity index (χ2n) is 6.59. The molecule has 1 fully saturated rings. The maximum Gasteiger partial charge on any atom is 0.261 e. The molecule has 1 amide bonds. The Balaban J connectivity index is 1.52. The maximum absolute atomic E-state index is 13.2. The van der Waals surface area contributed by atoms with Crippen molar-refractivity contribution in [3.63, 3.8) is 0 Å². The highest BCUT2D eigenvalue weighted by Gasteiger charge is 2.27. The van der Waals surface area contributed by atoms with Crippen LogP contribution in [0.15, 0.2) is 47.4 Å². The number of sulfonamides is 1. The van der Waals surface area contributed by atoms with Crippen molar-refractivity contribution in [1.82, 2.24) is 10.0 Å². The molecule has 0 heterocycles. The third-order valence-corrected chi connectivity index (χ3v) is 5.71. The second kappa shape index (κ2) is 8.24. The quantitative estimate of drug-likeness (QED) is 0.700. The Hall–Kier alpha value is -2.52. The van der Waals surface area contributed by atoms with Crippen molar-refractivity contribution in [1.29, 1.82) is 0 Å². The van der Waals surface area contributed by atoms with Gasteiger partial charge in [0.05, 0.1) is 4.90 Å². The summed E-state index contributed by atoms with van der Waals surface area (Å²) in [5, 5.41) is 2.65. The summed E-state index contributed by atoms with van der Waals surface area (Å²) in [6.07, 6.45) is 0.787. The zero-order valence-corrected chi connectivity index (χ0v) is 15.9. The van der Waals surface area contributed by atoms with Gasteiger partial charge in [0.1, 0.15) is 5.75 Å². The largest absolute Gasteiger partial charge is 0.481 e. The van der Waals surface area contributed by atoms with E-state index in [9.17, 15) is 22.0 Å². The van der Waals surface area contributed by atoms with E-state index in [0.717, 1.165) is 25.0 Å². The number of hydrogen-bond donors (Lipinski definition) is 2. The fourth-order valence-electron chi connectivity index (χ4n) is 2.42. The number of benzene rings is 2. The lowest BCUT2D eigenvalue weighted by atomic mass is 10.2. The summed E-state index contributed by atoms with van der Waals surface area (Å²) >= 11 is 0. The topological polar surface area (TPSA) is 84.5 Å². The van der Waals surface area contributed by atoms with Crippen LogP contribution in [0, 0.1) is 11.6 Å². The van der Waals surface area contributed by atoms with Crippen LogP contribution in [-0.2, 0) is 21.4 Å². The smallest absolute Gasteiger partial charge is 0.261 e. The molecule has 1 aliphatic rings. The van der Waals surface area contributed by atoms with E-state index in [4.69, 9.17) is 4.74 Å². The van der Waals surface area contributed by atoms with E-state index >= 15 is 0 Å². The Bertz CT molecular complexity index is 960. The number of carbonyl (C=O) groups is 1. The van der Waals surface area contributed by atoms with Crippen LogP contribution in [0.2, 0.25) is 0 Å².